The molecule has 3 aliphatic rings. The summed E-state index contributed by atoms with van der Waals surface area (Å²) < 4.78 is 29.1. The van der Waals surface area contributed by atoms with Crippen molar-refractivity contribution in [2.24, 2.45) is 17.3 Å². The van der Waals surface area contributed by atoms with Crippen molar-refractivity contribution in [1.29, 1.82) is 0 Å². The van der Waals surface area contributed by atoms with Crippen molar-refractivity contribution in [3.63, 3.8) is 0 Å². The molecule has 1 spiro atoms. The normalized spacial score (nSPS) is 29.9. The highest BCUT2D eigenvalue weighted by molar-refractivity contribution is 5.81. The lowest BCUT2D eigenvalue weighted by atomic mass is 9.56. The van der Waals surface area contributed by atoms with Crippen LogP contribution < -0.4 is 4.74 Å². The molecule has 4 rings (SSSR count). The Morgan fingerprint density at radius 3 is 2.62 bits per heavy atom. The first kappa shape index (κ1) is 17.7. The van der Waals surface area contributed by atoms with Crippen LogP contribution in [0.2, 0.25) is 0 Å². The van der Waals surface area contributed by atoms with Gasteiger partial charge in [-0.25, -0.2) is 0 Å². The Morgan fingerprint density at radius 1 is 1.31 bits per heavy atom. The molecular formula is C20H25F2NO3. The van der Waals surface area contributed by atoms with E-state index < -0.39 is 12.2 Å². The van der Waals surface area contributed by atoms with E-state index >= 15 is 0 Å². The molecule has 1 saturated heterocycles. The smallest absolute Gasteiger partial charge is 0.387 e. The van der Waals surface area contributed by atoms with E-state index in [2.05, 4.69) is 4.74 Å². The second-order valence-electron chi connectivity index (χ2n) is 8.80. The van der Waals surface area contributed by atoms with E-state index in [9.17, 15) is 18.7 Å². The highest BCUT2D eigenvalue weighted by atomic mass is 19.3. The van der Waals surface area contributed by atoms with E-state index in [4.69, 9.17) is 0 Å². The number of nitrogens with zero attached hydrogens (tertiary/aromatic N) is 1. The lowest BCUT2D eigenvalue weighted by molar-refractivity contribution is -0.171. The third kappa shape index (κ3) is 3.43. The molecule has 6 heteroatoms. The summed E-state index contributed by atoms with van der Waals surface area (Å²) in [5.41, 5.74) is 0.628. The van der Waals surface area contributed by atoms with Crippen molar-refractivity contribution < 1.29 is 23.4 Å². The monoisotopic (exact) mass is 365 g/mol. The zero-order valence-corrected chi connectivity index (χ0v) is 15.0. The predicted octanol–water partition coefficient (Wildman–Crippen LogP) is 3.23. The number of carbonyl (C=O) groups is 1. The van der Waals surface area contributed by atoms with Gasteiger partial charge in [-0.3, -0.25) is 4.79 Å². The minimum Gasteiger partial charge on any atom is -0.435 e. The summed E-state index contributed by atoms with van der Waals surface area (Å²) in [4.78, 5) is 14.3. The Labute approximate surface area is 152 Å². The van der Waals surface area contributed by atoms with Crippen molar-refractivity contribution in [3.8, 4) is 5.75 Å². The van der Waals surface area contributed by atoms with Crippen LogP contribution in [0.4, 0.5) is 8.78 Å². The van der Waals surface area contributed by atoms with E-state index in [-0.39, 0.29) is 23.0 Å². The summed E-state index contributed by atoms with van der Waals surface area (Å²) in [5.74, 6) is 0.945. The predicted molar refractivity (Wildman–Crippen MR) is 91.9 cm³/mol. The fourth-order valence-corrected chi connectivity index (χ4v) is 5.10. The Kier molecular flexibility index (Phi) is 4.21. The van der Waals surface area contributed by atoms with Crippen LogP contribution in [-0.4, -0.2) is 41.2 Å². The number of alkyl halides is 2. The lowest BCUT2D eigenvalue weighted by Crippen LogP contribution is -2.66. The van der Waals surface area contributed by atoms with E-state index in [0.717, 1.165) is 37.9 Å². The van der Waals surface area contributed by atoms with Crippen LogP contribution >= 0.6 is 0 Å². The van der Waals surface area contributed by atoms with E-state index in [1.807, 2.05) is 11.0 Å². The molecule has 0 atom stereocenters. The standard InChI is InChI=1S/C20H25F2NO3/c1-19(25)9-15(10-19)17(24)23-11-20(12-23)7-14(8-20)5-13-3-2-4-16(6-13)26-18(21)22/h2-4,6,14-15,18,25H,5,7-12H2,1H3. The SMILES string of the molecule is CC1(O)CC(C(=O)N2CC3(CC(Cc4cccc(OC(F)F)c4)C3)C2)C1. The van der Waals surface area contributed by atoms with E-state index in [0.29, 0.717) is 18.8 Å². The third-order valence-electron chi connectivity index (χ3n) is 6.18. The summed E-state index contributed by atoms with van der Waals surface area (Å²) in [5, 5.41) is 9.79. The molecule has 1 N–H and O–H groups in total. The van der Waals surface area contributed by atoms with Crippen LogP contribution in [0, 0.1) is 17.3 Å². The van der Waals surface area contributed by atoms with E-state index in [1.54, 1.807) is 25.1 Å². The number of ether oxygens (including phenoxy) is 1. The van der Waals surface area contributed by atoms with Crippen LogP contribution in [0.15, 0.2) is 24.3 Å². The Balaban J connectivity index is 1.22. The van der Waals surface area contributed by atoms with Gasteiger partial charge < -0.3 is 14.7 Å². The number of benzene rings is 1. The fraction of sp³-hybridized carbons (Fsp3) is 0.650. The van der Waals surface area contributed by atoms with Gasteiger partial charge in [0.1, 0.15) is 5.75 Å². The van der Waals surface area contributed by atoms with Gasteiger partial charge in [0.05, 0.1) is 5.60 Å². The summed E-state index contributed by atoms with van der Waals surface area (Å²) in [6.07, 6.45) is 4.18. The molecule has 0 aromatic heterocycles. The molecule has 0 unspecified atom stereocenters. The molecule has 26 heavy (non-hydrogen) atoms. The highest BCUT2D eigenvalue weighted by Crippen LogP contribution is 2.54. The Morgan fingerprint density at radius 2 is 2.00 bits per heavy atom. The minimum atomic E-state index is -2.80. The molecular weight excluding hydrogens is 340 g/mol. The fourth-order valence-electron chi connectivity index (χ4n) is 5.10. The molecule has 2 saturated carbocycles. The van der Waals surface area contributed by atoms with Gasteiger partial charge in [0.2, 0.25) is 5.91 Å². The molecule has 4 nitrogen and oxygen atoms in total. The average Bonchev–Trinajstić information content (AvgIpc) is 2.44. The average molecular weight is 365 g/mol. The second-order valence-corrected chi connectivity index (χ2v) is 8.80. The quantitative estimate of drug-likeness (QED) is 0.872. The Hall–Kier alpha value is -1.69. The molecule has 1 aromatic rings. The first-order valence-corrected chi connectivity index (χ1v) is 9.29. The van der Waals surface area contributed by atoms with Crippen molar-refractivity contribution >= 4 is 5.91 Å². The minimum absolute atomic E-state index is 0.00389. The molecule has 0 bridgehead atoms. The van der Waals surface area contributed by atoms with Crippen LogP contribution in [-0.2, 0) is 11.2 Å². The zero-order chi connectivity index (χ0) is 18.5. The van der Waals surface area contributed by atoms with Gasteiger partial charge >= 0.3 is 6.61 Å². The largest absolute Gasteiger partial charge is 0.435 e. The summed E-state index contributed by atoms with van der Waals surface area (Å²) in [6.45, 7) is 0.646. The van der Waals surface area contributed by atoms with Crippen LogP contribution in [0.25, 0.3) is 0 Å². The number of rotatable bonds is 5. The van der Waals surface area contributed by atoms with Gasteiger partial charge in [-0.05, 0) is 62.6 Å². The van der Waals surface area contributed by atoms with Gasteiger partial charge in [0.25, 0.3) is 0 Å². The highest BCUT2D eigenvalue weighted by Gasteiger charge is 2.55. The van der Waals surface area contributed by atoms with E-state index in [1.165, 1.54) is 0 Å². The zero-order valence-electron chi connectivity index (χ0n) is 15.0. The van der Waals surface area contributed by atoms with Crippen molar-refractivity contribution in [1.82, 2.24) is 4.90 Å². The second kappa shape index (κ2) is 6.19. The first-order valence-electron chi connectivity index (χ1n) is 9.29. The summed E-state index contributed by atoms with van der Waals surface area (Å²) >= 11 is 0. The maximum Gasteiger partial charge on any atom is 0.387 e. The van der Waals surface area contributed by atoms with Crippen LogP contribution in [0.5, 0.6) is 5.75 Å². The number of halogens is 2. The van der Waals surface area contributed by atoms with Crippen molar-refractivity contribution in [2.45, 2.75) is 51.2 Å². The van der Waals surface area contributed by atoms with Crippen LogP contribution in [0.1, 0.15) is 38.2 Å². The molecule has 0 radical (unpaired) electrons. The van der Waals surface area contributed by atoms with Gasteiger partial charge in [0.15, 0.2) is 0 Å². The number of hydrogen-bond acceptors (Lipinski definition) is 3. The number of likely N-dealkylation sites (tertiary alicyclic amines) is 1. The first-order chi connectivity index (χ1) is 12.2. The van der Waals surface area contributed by atoms with Gasteiger partial charge in [-0.1, -0.05) is 12.1 Å². The van der Waals surface area contributed by atoms with Crippen molar-refractivity contribution in [2.75, 3.05) is 13.1 Å². The maximum absolute atomic E-state index is 12.4. The summed E-state index contributed by atoms with van der Waals surface area (Å²) in [6, 6.07) is 6.93. The van der Waals surface area contributed by atoms with Gasteiger partial charge in [0, 0.05) is 24.4 Å². The van der Waals surface area contributed by atoms with Gasteiger partial charge in [-0.15, -0.1) is 0 Å². The molecule has 1 aromatic carbocycles. The number of hydrogen-bond donors (Lipinski definition) is 1. The number of amides is 1. The molecule has 142 valence electrons. The number of carbonyl (C=O) groups excluding carboxylic acids is 1. The third-order valence-corrected chi connectivity index (χ3v) is 6.18. The Bertz CT molecular complexity index is 684. The maximum atomic E-state index is 12.4. The van der Waals surface area contributed by atoms with Crippen LogP contribution in [0.3, 0.4) is 0 Å². The molecule has 2 aliphatic carbocycles. The molecule has 1 heterocycles. The van der Waals surface area contributed by atoms with Crippen molar-refractivity contribution in [3.05, 3.63) is 29.8 Å². The molecule has 1 amide bonds. The lowest BCUT2D eigenvalue weighted by Gasteiger charge is -2.60. The van der Waals surface area contributed by atoms with Gasteiger partial charge in [-0.2, -0.15) is 8.78 Å². The number of aliphatic hydroxyl groups is 1. The molecule has 3 fully saturated rings. The topological polar surface area (TPSA) is 49.8 Å². The molecule has 1 aliphatic heterocycles. The summed E-state index contributed by atoms with van der Waals surface area (Å²) in [7, 11) is 0.